The van der Waals surface area contributed by atoms with Crippen LogP contribution in [0.5, 0.6) is 5.75 Å². The lowest BCUT2D eigenvalue weighted by molar-refractivity contribution is 0.331. The van der Waals surface area contributed by atoms with E-state index in [0.29, 0.717) is 18.0 Å². The molecule has 1 N–H and O–H groups in total. The molecule has 0 aliphatic rings. The van der Waals surface area contributed by atoms with Gasteiger partial charge in [0.2, 0.25) is 0 Å². The summed E-state index contributed by atoms with van der Waals surface area (Å²) in [6.07, 6.45) is 0. The van der Waals surface area contributed by atoms with Crippen molar-refractivity contribution in [3.05, 3.63) is 66.2 Å². The third-order valence-electron chi connectivity index (χ3n) is 3.72. The number of aryl methyl sites for hydroxylation is 1. The minimum atomic E-state index is -3.76. The Balaban J connectivity index is 2.07. The summed E-state index contributed by atoms with van der Waals surface area (Å²) in [5.74, 6) is 0.357. The molecule has 5 heteroatoms. The normalized spacial score (nSPS) is 11.4. The molecule has 0 aromatic heterocycles. The number of nitrogens with one attached hydrogen (secondary N) is 1. The summed E-state index contributed by atoms with van der Waals surface area (Å²) in [6.45, 7) is 4.08. The molecule has 0 fully saturated rings. The molecule has 0 radical (unpaired) electrons. The van der Waals surface area contributed by atoms with Gasteiger partial charge in [0.1, 0.15) is 10.6 Å². The van der Waals surface area contributed by atoms with E-state index in [2.05, 4.69) is 4.72 Å². The summed E-state index contributed by atoms with van der Waals surface area (Å²) in [5, 5.41) is 1.83. The summed E-state index contributed by atoms with van der Waals surface area (Å²) in [6, 6.07) is 18.4. The van der Waals surface area contributed by atoms with Crippen molar-refractivity contribution in [1.82, 2.24) is 0 Å². The highest BCUT2D eigenvalue weighted by atomic mass is 32.2. The molecule has 0 bridgehead atoms. The van der Waals surface area contributed by atoms with E-state index in [4.69, 9.17) is 4.74 Å². The summed E-state index contributed by atoms with van der Waals surface area (Å²) < 4.78 is 34.0. The Bertz CT molecular complexity index is 976. The Morgan fingerprint density at radius 2 is 1.75 bits per heavy atom. The molecule has 0 heterocycles. The number of benzene rings is 3. The lowest BCUT2D eigenvalue weighted by Gasteiger charge is -2.14. The minimum Gasteiger partial charge on any atom is -0.492 e. The predicted octanol–water partition coefficient (Wildman–Crippen LogP) is 4.35. The molecule has 3 aromatic carbocycles. The first-order chi connectivity index (χ1) is 11.5. The summed E-state index contributed by atoms with van der Waals surface area (Å²) in [5.41, 5.74) is 1.41. The quantitative estimate of drug-likeness (QED) is 0.751. The Morgan fingerprint density at radius 3 is 2.54 bits per heavy atom. The second-order valence-electron chi connectivity index (χ2n) is 5.52. The standard InChI is InChI=1S/C19H19NO3S/c1-3-23-18-12-11-14(2)13-19(18)24(21,22)20-17-10-6-8-15-7-4-5-9-16(15)17/h4-13,20H,3H2,1-2H3. The maximum absolute atomic E-state index is 12.9. The van der Waals surface area contributed by atoms with E-state index in [9.17, 15) is 8.42 Å². The first-order valence-electron chi connectivity index (χ1n) is 7.75. The molecule has 0 saturated heterocycles. The zero-order valence-corrected chi connectivity index (χ0v) is 14.4. The maximum atomic E-state index is 12.9. The van der Waals surface area contributed by atoms with Crippen LogP contribution in [0, 0.1) is 6.92 Å². The van der Waals surface area contributed by atoms with Crippen molar-refractivity contribution < 1.29 is 13.2 Å². The molecular formula is C19H19NO3S. The van der Waals surface area contributed by atoms with Crippen molar-refractivity contribution in [1.29, 1.82) is 0 Å². The van der Waals surface area contributed by atoms with E-state index in [0.717, 1.165) is 16.3 Å². The van der Waals surface area contributed by atoms with E-state index in [1.54, 1.807) is 18.2 Å². The summed E-state index contributed by atoms with van der Waals surface area (Å²) >= 11 is 0. The Hall–Kier alpha value is -2.53. The van der Waals surface area contributed by atoms with Crippen LogP contribution < -0.4 is 9.46 Å². The zero-order valence-electron chi connectivity index (χ0n) is 13.6. The largest absolute Gasteiger partial charge is 0.492 e. The molecule has 0 amide bonds. The molecule has 0 unspecified atom stereocenters. The van der Waals surface area contributed by atoms with Crippen LogP contribution in [0.4, 0.5) is 5.69 Å². The molecule has 24 heavy (non-hydrogen) atoms. The van der Waals surface area contributed by atoms with Gasteiger partial charge in [-0.3, -0.25) is 4.72 Å². The van der Waals surface area contributed by atoms with Crippen molar-refractivity contribution >= 4 is 26.5 Å². The van der Waals surface area contributed by atoms with Crippen LogP contribution in [-0.4, -0.2) is 15.0 Å². The average Bonchev–Trinajstić information content (AvgIpc) is 2.57. The molecule has 4 nitrogen and oxygen atoms in total. The number of fused-ring (bicyclic) bond motifs is 1. The van der Waals surface area contributed by atoms with Crippen LogP contribution in [0.25, 0.3) is 10.8 Å². The van der Waals surface area contributed by atoms with E-state index < -0.39 is 10.0 Å². The first kappa shape index (κ1) is 16.3. The molecule has 0 spiro atoms. The van der Waals surface area contributed by atoms with Gasteiger partial charge in [-0.2, -0.15) is 0 Å². The second kappa shape index (κ2) is 6.53. The topological polar surface area (TPSA) is 55.4 Å². The van der Waals surface area contributed by atoms with Crippen LogP contribution in [0.3, 0.4) is 0 Å². The zero-order chi connectivity index (χ0) is 17.2. The number of hydrogen-bond donors (Lipinski definition) is 1. The Labute approximate surface area is 142 Å². The van der Waals surface area contributed by atoms with Gasteiger partial charge in [-0.15, -0.1) is 0 Å². The Morgan fingerprint density at radius 1 is 1.00 bits per heavy atom. The number of sulfonamides is 1. The van der Waals surface area contributed by atoms with Gasteiger partial charge in [0.25, 0.3) is 10.0 Å². The van der Waals surface area contributed by atoms with Crippen LogP contribution in [-0.2, 0) is 10.0 Å². The minimum absolute atomic E-state index is 0.150. The molecule has 0 saturated carbocycles. The van der Waals surface area contributed by atoms with E-state index in [1.807, 2.05) is 56.3 Å². The molecule has 3 rings (SSSR count). The van der Waals surface area contributed by atoms with Crippen LogP contribution in [0.15, 0.2) is 65.6 Å². The predicted molar refractivity (Wildman–Crippen MR) is 97.1 cm³/mol. The fourth-order valence-corrected chi connectivity index (χ4v) is 3.92. The van der Waals surface area contributed by atoms with Gasteiger partial charge in [0.05, 0.1) is 12.3 Å². The Kier molecular flexibility index (Phi) is 4.44. The highest BCUT2D eigenvalue weighted by Gasteiger charge is 2.21. The van der Waals surface area contributed by atoms with Gasteiger partial charge in [0.15, 0.2) is 0 Å². The molecule has 0 atom stereocenters. The number of rotatable bonds is 5. The number of anilines is 1. The van der Waals surface area contributed by atoms with Crippen LogP contribution >= 0.6 is 0 Å². The molecule has 0 aliphatic carbocycles. The van der Waals surface area contributed by atoms with Gasteiger partial charge in [-0.1, -0.05) is 42.5 Å². The van der Waals surface area contributed by atoms with Gasteiger partial charge < -0.3 is 4.74 Å². The number of ether oxygens (including phenoxy) is 1. The average molecular weight is 341 g/mol. The van der Waals surface area contributed by atoms with Crippen molar-refractivity contribution in [2.24, 2.45) is 0 Å². The fourth-order valence-electron chi connectivity index (χ4n) is 2.61. The highest BCUT2D eigenvalue weighted by molar-refractivity contribution is 7.92. The van der Waals surface area contributed by atoms with E-state index in [1.165, 1.54) is 0 Å². The van der Waals surface area contributed by atoms with Crippen molar-refractivity contribution in [3.63, 3.8) is 0 Å². The lowest BCUT2D eigenvalue weighted by Crippen LogP contribution is -2.15. The van der Waals surface area contributed by atoms with E-state index >= 15 is 0 Å². The highest BCUT2D eigenvalue weighted by Crippen LogP contribution is 2.30. The third kappa shape index (κ3) is 3.21. The van der Waals surface area contributed by atoms with Gasteiger partial charge in [-0.25, -0.2) is 8.42 Å². The first-order valence-corrected chi connectivity index (χ1v) is 9.23. The van der Waals surface area contributed by atoms with Crippen molar-refractivity contribution in [2.75, 3.05) is 11.3 Å². The van der Waals surface area contributed by atoms with Crippen molar-refractivity contribution in [3.8, 4) is 5.75 Å². The summed E-state index contributed by atoms with van der Waals surface area (Å²) in [4.78, 5) is 0.150. The smallest absolute Gasteiger partial charge is 0.265 e. The SMILES string of the molecule is CCOc1ccc(C)cc1S(=O)(=O)Nc1cccc2ccccc12. The van der Waals surface area contributed by atoms with E-state index in [-0.39, 0.29) is 4.90 Å². The van der Waals surface area contributed by atoms with Gasteiger partial charge in [-0.05, 0) is 43.0 Å². The second-order valence-corrected chi connectivity index (χ2v) is 7.17. The monoisotopic (exact) mass is 341 g/mol. The lowest BCUT2D eigenvalue weighted by atomic mass is 10.1. The molecule has 0 aliphatic heterocycles. The maximum Gasteiger partial charge on any atom is 0.265 e. The fraction of sp³-hybridized carbons (Fsp3) is 0.158. The summed E-state index contributed by atoms with van der Waals surface area (Å²) in [7, 11) is -3.76. The third-order valence-corrected chi connectivity index (χ3v) is 5.11. The van der Waals surface area contributed by atoms with Crippen LogP contribution in [0.1, 0.15) is 12.5 Å². The molecule has 3 aromatic rings. The van der Waals surface area contributed by atoms with Gasteiger partial charge in [0, 0.05) is 5.39 Å². The van der Waals surface area contributed by atoms with Gasteiger partial charge >= 0.3 is 0 Å². The van der Waals surface area contributed by atoms with Crippen molar-refractivity contribution in [2.45, 2.75) is 18.7 Å². The number of hydrogen-bond acceptors (Lipinski definition) is 3. The molecule has 124 valence electrons. The van der Waals surface area contributed by atoms with Crippen LogP contribution in [0.2, 0.25) is 0 Å². The molecular weight excluding hydrogens is 322 g/mol.